The Morgan fingerprint density at radius 1 is 1.29 bits per heavy atom. The topological polar surface area (TPSA) is 68.5 Å². The Kier molecular flexibility index (Phi) is 3.79. The van der Waals surface area contributed by atoms with Gasteiger partial charge in [0.2, 0.25) is 0 Å². The van der Waals surface area contributed by atoms with Crippen molar-refractivity contribution >= 4 is 17.3 Å². The molecule has 0 amide bonds. The smallest absolute Gasteiger partial charge is 0.143 e. The standard InChI is InChI=1S/C14H13ClN6/c1-10-4-5-16-7-11(10)8-17-14-6-12(2-3-13(14)15)21-9-18-19-20-21/h2-7,9,17H,8H2,1H3. The van der Waals surface area contributed by atoms with Gasteiger partial charge in [0.1, 0.15) is 6.33 Å². The Labute approximate surface area is 126 Å². The van der Waals surface area contributed by atoms with E-state index in [4.69, 9.17) is 11.6 Å². The summed E-state index contributed by atoms with van der Waals surface area (Å²) in [7, 11) is 0. The van der Waals surface area contributed by atoms with E-state index in [1.807, 2.05) is 30.5 Å². The molecule has 0 bridgehead atoms. The monoisotopic (exact) mass is 300 g/mol. The number of anilines is 1. The normalized spacial score (nSPS) is 10.6. The van der Waals surface area contributed by atoms with Gasteiger partial charge in [0.25, 0.3) is 0 Å². The van der Waals surface area contributed by atoms with Gasteiger partial charge in [-0.25, -0.2) is 4.68 Å². The van der Waals surface area contributed by atoms with Gasteiger partial charge in [-0.3, -0.25) is 4.98 Å². The van der Waals surface area contributed by atoms with Crippen molar-refractivity contribution in [2.24, 2.45) is 0 Å². The van der Waals surface area contributed by atoms with Crippen molar-refractivity contribution in [3.63, 3.8) is 0 Å². The lowest BCUT2D eigenvalue weighted by molar-refractivity contribution is 0.789. The van der Waals surface area contributed by atoms with E-state index in [0.717, 1.165) is 16.9 Å². The molecule has 1 N–H and O–H groups in total. The molecule has 0 saturated heterocycles. The number of nitrogens with one attached hydrogen (secondary N) is 1. The molecule has 2 aromatic heterocycles. The number of rotatable bonds is 4. The fraction of sp³-hybridized carbons (Fsp3) is 0.143. The highest BCUT2D eigenvalue weighted by Crippen LogP contribution is 2.25. The van der Waals surface area contributed by atoms with Crippen LogP contribution in [0, 0.1) is 6.92 Å². The highest BCUT2D eigenvalue weighted by Gasteiger charge is 2.05. The van der Waals surface area contributed by atoms with Crippen LogP contribution < -0.4 is 5.32 Å². The van der Waals surface area contributed by atoms with E-state index in [-0.39, 0.29) is 0 Å². The van der Waals surface area contributed by atoms with Crippen molar-refractivity contribution in [1.82, 2.24) is 25.2 Å². The first kappa shape index (κ1) is 13.5. The van der Waals surface area contributed by atoms with Crippen molar-refractivity contribution in [1.29, 1.82) is 0 Å². The van der Waals surface area contributed by atoms with Gasteiger partial charge in [0, 0.05) is 18.9 Å². The molecule has 7 heteroatoms. The van der Waals surface area contributed by atoms with Gasteiger partial charge < -0.3 is 5.32 Å². The average Bonchev–Trinajstić information content (AvgIpc) is 3.02. The molecule has 21 heavy (non-hydrogen) atoms. The number of nitrogens with zero attached hydrogens (tertiary/aromatic N) is 5. The number of halogens is 1. The molecule has 0 aliphatic heterocycles. The maximum atomic E-state index is 6.22. The van der Waals surface area contributed by atoms with E-state index in [2.05, 4.69) is 32.7 Å². The average molecular weight is 301 g/mol. The van der Waals surface area contributed by atoms with Crippen LogP contribution in [0.3, 0.4) is 0 Å². The molecule has 0 saturated carbocycles. The molecule has 106 valence electrons. The van der Waals surface area contributed by atoms with Crippen LogP contribution in [0.1, 0.15) is 11.1 Å². The van der Waals surface area contributed by atoms with Crippen LogP contribution in [-0.2, 0) is 6.54 Å². The second kappa shape index (κ2) is 5.88. The van der Waals surface area contributed by atoms with E-state index in [1.54, 1.807) is 10.9 Å². The van der Waals surface area contributed by atoms with Crippen LogP contribution in [0.5, 0.6) is 0 Å². The van der Waals surface area contributed by atoms with Crippen molar-refractivity contribution in [3.8, 4) is 5.69 Å². The number of hydrogen-bond donors (Lipinski definition) is 1. The molecule has 2 heterocycles. The zero-order valence-electron chi connectivity index (χ0n) is 11.4. The lowest BCUT2D eigenvalue weighted by Gasteiger charge is -2.11. The lowest BCUT2D eigenvalue weighted by atomic mass is 10.1. The Balaban J connectivity index is 1.82. The molecule has 0 unspecified atom stereocenters. The summed E-state index contributed by atoms with van der Waals surface area (Å²) in [5.74, 6) is 0. The van der Waals surface area contributed by atoms with E-state index in [9.17, 15) is 0 Å². The Bertz CT molecular complexity index is 741. The summed E-state index contributed by atoms with van der Waals surface area (Å²) in [6.07, 6.45) is 5.17. The van der Waals surface area contributed by atoms with E-state index in [1.165, 1.54) is 11.9 Å². The molecular formula is C14H13ClN6. The summed E-state index contributed by atoms with van der Waals surface area (Å²) in [5.41, 5.74) is 3.98. The van der Waals surface area contributed by atoms with E-state index < -0.39 is 0 Å². The number of tetrazole rings is 1. The number of aryl methyl sites for hydroxylation is 1. The molecule has 0 aliphatic carbocycles. The van der Waals surface area contributed by atoms with Crippen LogP contribution in [-0.4, -0.2) is 25.2 Å². The van der Waals surface area contributed by atoms with Crippen LogP contribution in [0.2, 0.25) is 5.02 Å². The van der Waals surface area contributed by atoms with Crippen LogP contribution >= 0.6 is 11.6 Å². The zero-order valence-corrected chi connectivity index (χ0v) is 12.1. The minimum absolute atomic E-state index is 0.647. The van der Waals surface area contributed by atoms with Gasteiger partial charge in [0.05, 0.1) is 16.4 Å². The highest BCUT2D eigenvalue weighted by molar-refractivity contribution is 6.33. The minimum atomic E-state index is 0.647. The quantitative estimate of drug-likeness (QED) is 0.802. The van der Waals surface area contributed by atoms with E-state index in [0.29, 0.717) is 11.6 Å². The van der Waals surface area contributed by atoms with Gasteiger partial charge in [0.15, 0.2) is 0 Å². The van der Waals surface area contributed by atoms with Crippen LogP contribution in [0.25, 0.3) is 5.69 Å². The molecule has 6 nitrogen and oxygen atoms in total. The Morgan fingerprint density at radius 3 is 2.95 bits per heavy atom. The molecule has 0 radical (unpaired) electrons. The molecule has 3 aromatic rings. The summed E-state index contributed by atoms with van der Waals surface area (Å²) in [4.78, 5) is 4.13. The van der Waals surface area contributed by atoms with Crippen molar-refractivity contribution < 1.29 is 0 Å². The SMILES string of the molecule is Cc1ccncc1CNc1cc(-n2cnnn2)ccc1Cl. The second-order valence-corrected chi connectivity index (χ2v) is 4.98. The van der Waals surface area contributed by atoms with Gasteiger partial charge in [-0.2, -0.15) is 0 Å². The zero-order chi connectivity index (χ0) is 14.7. The first-order chi connectivity index (χ1) is 10.2. The summed E-state index contributed by atoms with van der Waals surface area (Å²) in [5, 5.41) is 15.1. The van der Waals surface area contributed by atoms with Gasteiger partial charge >= 0.3 is 0 Å². The number of hydrogen-bond acceptors (Lipinski definition) is 5. The van der Waals surface area contributed by atoms with Crippen LogP contribution in [0.4, 0.5) is 5.69 Å². The fourth-order valence-electron chi connectivity index (χ4n) is 1.94. The highest BCUT2D eigenvalue weighted by atomic mass is 35.5. The molecule has 0 spiro atoms. The third-order valence-corrected chi connectivity index (χ3v) is 3.51. The molecule has 0 fully saturated rings. The molecule has 0 aliphatic rings. The first-order valence-electron chi connectivity index (χ1n) is 6.40. The fourth-order valence-corrected chi connectivity index (χ4v) is 2.13. The number of pyridine rings is 1. The first-order valence-corrected chi connectivity index (χ1v) is 6.78. The molecule has 3 rings (SSSR count). The summed E-state index contributed by atoms with van der Waals surface area (Å²) >= 11 is 6.22. The van der Waals surface area contributed by atoms with Crippen LogP contribution in [0.15, 0.2) is 43.0 Å². The molecule has 0 atom stereocenters. The largest absolute Gasteiger partial charge is 0.380 e. The predicted molar refractivity (Wildman–Crippen MR) is 80.5 cm³/mol. The molecule has 1 aromatic carbocycles. The van der Waals surface area contributed by atoms with Gasteiger partial charge in [-0.15, -0.1) is 5.10 Å². The second-order valence-electron chi connectivity index (χ2n) is 4.57. The third kappa shape index (κ3) is 3.00. The van der Waals surface area contributed by atoms with Gasteiger partial charge in [-0.1, -0.05) is 11.6 Å². The summed E-state index contributed by atoms with van der Waals surface area (Å²) in [6.45, 7) is 2.70. The predicted octanol–water partition coefficient (Wildman–Crippen LogP) is 2.63. The Morgan fingerprint density at radius 2 is 2.19 bits per heavy atom. The number of aromatic nitrogens is 5. The number of benzene rings is 1. The van der Waals surface area contributed by atoms with Crippen molar-refractivity contribution in [2.45, 2.75) is 13.5 Å². The van der Waals surface area contributed by atoms with Crippen molar-refractivity contribution in [3.05, 3.63) is 59.1 Å². The van der Waals surface area contributed by atoms with E-state index >= 15 is 0 Å². The maximum Gasteiger partial charge on any atom is 0.143 e. The summed E-state index contributed by atoms with van der Waals surface area (Å²) in [6, 6.07) is 7.57. The van der Waals surface area contributed by atoms with Crippen molar-refractivity contribution in [2.75, 3.05) is 5.32 Å². The Hall–Kier alpha value is -2.47. The minimum Gasteiger partial charge on any atom is -0.380 e. The third-order valence-electron chi connectivity index (χ3n) is 3.18. The molecular weight excluding hydrogens is 288 g/mol. The maximum absolute atomic E-state index is 6.22. The lowest BCUT2D eigenvalue weighted by Crippen LogP contribution is -2.03. The summed E-state index contributed by atoms with van der Waals surface area (Å²) < 4.78 is 1.58. The van der Waals surface area contributed by atoms with Gasteiger partial charge in [-0.05, 0) is 52.7 Å².